The minimum atomic E-state index is 0.265. The summed E-state index contributed by atoms with van der Waals surface area (Å²) in [6.45, 7) is 12.1. The van der Waals surface area contributed by atoms with Crippen molar-refractivity contribution in [1.29, 1.82) is 0 Å². The van der Waals surface area contributed by atoms with Gasteiger partial charge in [-0.1, -0.05) is 23.8 Å². The zero-order valence-electron chi connectivity index (χ0n) is 15.3. The van der Waals surface area contributed by atoms with Crippen LogP contribution >= 0.6 is 0 Å². The van der Waals surface area contributed by atoms with E-state index in [1.165, 1.54) is 55.5 Å². The van der Waals surface area contributed by atoms with Crippen LogP contribution in [-0.2, 0) is 6.42 Å². The van der Waals surface area contributed by atoms with Gasteiger partial charge in [-0.15, -0.1) is 0 Å². The largest absolute Gasteiger partial charge is 0.357 e. The molecular formula is C22H26N2. The third kappa shape index (κ3) is 2.29. The molecule has 1 unspecified atom stereocenters. The first-order chi connectivity index (χ1) is 11.5. The number of fused-ring (bicyclic) bond motifs is 3. The fourth-order valence-corrected chi connectivity index (χ4v) is 4.66. The third-order valence-electron chi connectivity index (χ3n) is 5.41. The van der Waals surface area contributed by atoms with Gasteiger partial charge in [-0.2, -0.15) is 0 Å². The Morgan fingerprint density at radius 2 is 1.46 bits per heavy atom. The minimum Gasteiger partial charge on any atom is -0.357 e. The van der Waals surface area contributed by atoms with Crippen LogP contribution in [0.1, 0.15) is 50.7 Å². The Morgan fingerprint density at radius 1 is 0.833 bits per heavy atom. The average Bonchev–Trinajstić information content (AvgIpc) is 2.85. The second-order valence-corrected chi connectivity index (χ2v) is 7.47. The summed E-state index contributed by atoms with van der Waals surface area (Å²) in [5, 5.41) is 5.19. The highest BCUT2D eigenvalue weighted by atomic mass is 15.0. The second kappa shape index (κ2) is 5.49. The Hall–Kier alpha value is -2.06. The smallest absolute Gasteiger partial charge is 0.0737 e. The number of nitrogens with one attached hydrogen (secondary N) is 2. The van der Waals surface area contributed by atoms with E-state index < -0.39 is 0 Å². The van der Waals surface area contributed by atoms with Gasteiger partial charge in [-0.3, -0.25) is 0 Å². The number of benzene rings is 2. The summed E-state index contributed by atoms with van der Waals surface area (Å²) in [5.74, 6) is 0. The predicted molar refractivity (Wildman–Crippen MR) is 102 cm³/mol. The van der Waals surface area contributed by atoms with Crippen LogP contribution in [0, 0.1) is 34.6 Å². The van der Waals surface area contributed by atoms with Gasteiger partial charge in [0.15, 0.2) is 0 Å². The molecule has 0 saturated heterocycles. The van der Waals surface area contributed by atoms with Crippen molar-refractivity contribution in [3.05, 3.63) is 68.9 Å². The molecule has 0 saturated carbocycles. The van der Waals surface area contributed by atoms with Gasteiger partial charge in [0.25, 0.3) is 0 Å². The van der Waals surface area contributed by atoms with Crippen LogP contribution in [-0.4, -0.2) is 11.5 Å². The Bertz CT molecular complexity index is 923. The molecule has 1 aliphatic rings. The summed E-state index contributed by atoms with van der Waals surface area (Å²) in [6.07, 6.45) is 1.10. The molecule has 2 nitrogen and oxygen atoms in total. The van der Waals surface area contributed by atoms with Gasteiger partial charge < -0.3 is 10.3 Å². The zero-order chi connectivity index (χ0) is 17.0. The molecule has 2 aromatic carbocycles. The first-order valence-electron chi connectivity index (χ1n) is 8.88. The number of aryl methyl sites for hydroxylation is 5. The lowest BCUT2D eigenvalue weighted by Gasteiger charge is -2.28. The van der Waals surface area contributed by atoms with Crippen molar-refractivity contribution in [2.75, 3.05) is 6.54 Å². The maximum Gasteiger partial charge on any atom is 0.0737 e. The van der Waals surface area contributed by atoms with E-state index in [1.807, 2.05) is 0 Å². The second-order valence-electron chi connectivity index (χ2n) is 7.47. The van der Waals surface area contributed by atoms with E-state index >= 15 is 0 Å². The van der Waals surface area contributed by atoms with Crippen LogP contribution in [0.25, 0.3) is 10.9 Å². The lowest BCUT2D eigenvalue weighted by molar-refractivity contribution is 0.556. The van der Waals surface area contributed by atoms with E-state index in [-0.39, 0.29) is 6.04 Å². The first kappa shape index (κ1) is 15.5. The summed E-state index contributed by atoms with van der Waals surface area (Å²) in [4.78, 5) is 3.75. The van der Waals surface area contributed by atoms with Crippen LogP contribution in [0.4, 0.5) is 0 Å². The molecule has 0 radical (unpaired) electrons. The van der Waals surface area contributed by atoms with Crippen molar-refractivity contribution in [2.45, 2.75) is 47.1 Å². The van der Waals surface area contributed by atoms with Crippen molar-refractivity contribution in [3.63, 3.8) is 0 Å². The van der Waals surface area contributed by atoms with Crippen LogP contribution in [0.15, 0.2) is 24.3 Å². The number of aromatic amines is 1. The molecule has 1 aromatic heterocycles. The van der Waals surface area contributed by atoms with E-state index in [2.05, 4.69) is 69.2 Å². The standard InChI is InChI=1S/C22H26N2/c1-12-8-14(3)19(15(4)9-12)22-21-17(6-7-23-22)20-16(5)10-13(2)11-18(20)24-21/h8-11,22-24H,6-7H2,1-5H3. The summed E-state index contributed by atoms with van der Waals surface area (Å²) in [6, 6.07) is 9.45. The molecule has 4 rings (SSSR count). The highest BCUT2D eigenvalue weighted by molar-refractivity contribution is 5.89. The van der Waals surface area contributed by atoms with Gasteiger partial charge in [0.05, 0.1) is 6.04 Å². The van der Waals surface area contributed by atoms with E-state index in [1.54, 1.807) is 0 Å². The fourth-order valence-electron chi connectivity index (χ4n) is 4.66. The molecule has 2 heterocycles. The van der Waals surface area contributed by atoms with Crippen LogP contribution < -0.4 is 5.32 Å². The Morgan fingerprint density at radius 3 is 2.17 bits per heavy atom. The Labute approximate surface area is 144 Å². The number of H-pyrrole nitrogens is 1. The summed E-state index contributed by atoms with van der Waals surface area (Å²) in [7, 11) is 0. The molecule has 2 N–H and O–H groups in total. The highest BCUT2D eigenvalue weighted by Gasteiger charge is 2.28. The van der Waals surface area contributed by atoms with Gasteiger partial charge in [-0.25, -0.2) is 0 Å². The highest BCUT2D eigenvalue weighted by Crippen LogP contribution is 2.37. The minimum absolute atomic E-state index is 0.265. The van der Waals surface area contributed by atoms with Crippen LogP contribution in [0.3, 0.4) is 0 Å². The molecule has 2 heteroatoms. The molecule has 1 aliphatic heterocycles. The molecule has 0 bridgehead atoms. The molecule has 0 spiro atoms. The van der Waals surface area contributed by atoms with Crippen LogP contribution in [0.5, 0.6) is 0 Å². The van der Waals surface area contributed by atoms with E-state index in [0.29, 0.717) is 0 Å². The van der Waals surface area contributed by atoms with Crippen LogP contribution in [0.2, 0.25) is 0 Å². The maximum absolute atomic E-state index is 3.76. The third-order valence-corrected chi connectivity index (χ3v) is 5.41. The maximum atomic E-state index is 3.76. The van der Waals surface area contributed by atoms with Crippen molar-refractivity contribution in [3.8, 4) is 0 Å². The number of rotatable bonds is 1. The summed E-state index contributed by atoms with van der Waals surface area (Å²) in [5.41, 5.74) is 12.4. The van der Waals surface area contributed by atoms with Gasteiger partial charge in [0, 0.05) is 23.1 Å². The van der Waals surface area contributed by atoms with Crippen molar-refractivity contribution < 1.29 is 0 Å². The molecule has 0 fully saturated rings. The van der Waals surface area contributed by atoms with Crippen molar-refractivity contribution in [2.24, 2.45) is 0 Å². The molecule has 1 atom stereocenters. The van der Waals surface area contributed by atoms with E-state index in [9.17, 15) is 0 Å². The molecule has 0 aliphatic carbocycles. The molecule has 3 aromatic rings. The van der Waals surface area contributed by atoms with Gasteiger partial charge in [0.2, 0.25) is 0 Å². The SMILES string of the molecule is Cc1cc(C)c(C2NCCc3c2[nH]c2cc(C)cc(C)c32)c(C)c1. The van der Waals surface area contributed by atoms with E-state index in [0.717, 1.165) is 13.0 Å². The lowest BCUT2D eigenvalue weighted by atomic mass is 9.88. The number of hydrogen-bond donors (Lipinski definition) is 2. The normalized spacial score (nSPS) is 17.3. The summed E-state index contributed by atoms with van der Waals surface area (Å²) >= 11 is 0. The van der Waals surface area contributed by atoms with E-state index in [4.69, 9.17) is 0 Å². The molecule has 124 valence electrons. The summed E-state index contributed by atoms with van der Waals surface area (Å²) < 4.78 is 0. The Kier molecular flexibility index (Phi) is 3.54. The topological polar surface area (TPSA) is 27.8 Å². The number of aromatic nitrogens is 1. The average molecular weight is 318 g/mol. The molecule has 0 amide bonds. The van der Waals surface area contributed by atoms with Crippen molar-refractivity contribution in [1.82, 2.24) is 10.3 Å². The molecular weight excluding hydrogens is 292 g/mol. The number of hydrogen-bond acceptors (Lipinski definition) is 1. The monoisotopic (exact) mass is 318 g/mol. The Balaban J connectivity index is 1.96. The first-order valence-corrected chi connectivity index (χ1v) is 8.88. The van der Waals surface area contributed by atoms with Crippen molar-refractivity contribution >= 4 is 10.9 Å². The van der Waals surface area contributed by atoms with Gasteiger partial charge >= 0.3 is 0 Å². The van der Waals surface area contributed by atoms with Gasteiger partial charge in [0.1, 0.15) is 0 Å². The van der Waals surface area contributed by atoms with Gasteiger partial charge in [-0.05, 0) is 80.5 Å². The fraction of sp³-hybridized carbons (Fsp3) is 0.364. The predicted octanol–water partition coefficient (Wildman–Crippen LogP) is 4.95. The molecule has 24 heavy (non-hydrogen) atoms. The lowest BCUT2D eigenvalue weighted by Crippen LogP contribution is -2.31. The zero-order valence-corrected chi connectivity index (χ0v) is 15.3. The quantitative estimate of drug-likeness (QED) is 0.653.